The van der Waals surface area contributed by atoms with Crippen LogP contribution >= 0.6 is 0 Å². The van der Waals surface area contributed by atoms with E-state index in [0.29, 0.717) is 6.54 Å². The molecule has 0 fully saturated rings. The van der Waals surface area contributed by atoms with Gasteiger partial charge >= 0.3 is 5.97 Å². The van der Waals surface area contributed by atoms with Crippen molar-refractivity contribution in [2.75, 3.05) is 0 Å². The fourth-order valence-electron chi connectivity index (χ4n) is 1.00. The molecular weight excluding hydrogens is 196 g/mol. The third-order valence-electron chi connectivity index (χ3n) is 1.77. The Kier molecular flexibility index (Phi) is 3.79. The van der Waals surface area contributed by atoms with Crippen molar-refractivity contribution in [3.8, 4) is 0 Å². The molecule has 0 aliphatic carbocycles. The maximum absolute atomic E-state index is 11.0. The first-order chi connectivity index (χ1) is 7.08. The van der Waals surface area contributed by atoms with Crippen molar-refractivity contribution in [3.63, 3.8) is 0 Å². The van der Waals surface area contributed by atoms with Crippen molar-refractivity contribution in [2.24, 2.45) is 0 Å². The zero-order valence-electron chi connectivity index (χ0n) is 8.36. The van der Waals surface area contributed by atoms with Gasteiger partial charge in [0, 0.05) is 18.4 Å². The number of aliphatic carboxylic acids is 1. The average molecular weight is 208 g/mol. The van der Waals surface area contributed by atoms with Crippen LogP contribution in [0.5, 0.6) is 0 Å². The van der Waals surface area contributed by atoms with Crippen LogP contribution in [-0.2, 0) is 16.1 Å². The summed E-state index contributed by atoms with van der Waals surface area (Å²) in [6.07, 6.45) is 1.15. The molecule has 0 bridgehead atoms. The first kappa shape index (κ1) is 11.2. The van der Waals surface area contributed by atoms with E-state index in [9.17, 15) is 9.59 Å². The molecule has 5 nitrogen and oxygen atoms in total. The largest absolute Gasteiger partial charge is 0.481 e. The van der Waals surface area contributed by atoms with Gasteiger partial charge in [-0.1, -0.05) is 6.07 Å². The third kappa shape index (κ3) is 4.21. The van der Waals surface area contributed by atoms with Crippen molar-refractivity contribution in [3.05, 3.63) is 29.6 Å². The minimum absolute atomic E-state index is 0.305. The lowest BCUT2D eigenvalue weighted by molar-refractivity contribution is -0.140. The molecule has 80 valence electrons. The van der Waals surface area contributed by atoms with Gasteiger partial charge in [0.15, 0.2) is 0 Å². The summed E-state index contributed by atoms with van der Waals surface area (Å²) < 4.78 is 0. The molecule has 0 aromatic carbocycles. The second kappa shape index (κ2) is 5.09. The standard InChI is InChI=1S/C10H12N2O3/c1-7-2-3-8(5-11-7)6-12-9(13)4-10(14)15/h2-3,5H,4,6H2,1H3,(H,12,13)(H,14,15). The van der Waals surface area contributed by atoms with Crippen molar-refractivity contribution in [2.45, 2.75) is 19.9 Å². The number of carboxylic acid groups (broad SMARTS) is 1. The molecule has 15 heavy (non-hydrogen) atoms. The average Bonchev–Trinajstić information content (AvgIpc) is 2.16. The summed E-state index contributed by atoms with van der Waals surface area (Å²) in [5, 5.41) is 10.8. The van der Waals surface area contributed by atoms with Gasteiger partial charge in [-0.05, 0) is 18.6 Å². The smallest absolute Gasteiger partial charge is 0.312 e. The van der Waals surface area contributed by atoms with Crippen LogP contribution in [0, 0.1) is 6.92 Å². The summed E-state index contributed by atoms with van der Waals surface area (Å²) >= 11 is 0. The second-order valence-electron chi connectivity index (χ2n) is 3.16. The maximum Gasteiger partial charge on any atom is 0.312 e. The van der Waals surface area contributed by atoms with E-state index < -0.39 is 18.3 Å². The number of nitrogens with zero attached hydrogens (tertiary/aromatic N) is 1. The number of hydrogen-bond donors (Lipinski definition) is 2. The first-order valence-electron chi connectivity index (χ1n) is 4.48. The summed E-state index contributed by atoms with van der Waals surface area (Å²) in [6.45, 7) is 2.17. The predicted molar refractivity (Wildman–Crippen MR) is 53.1 cm³/mol. The van der Waals surface area contributed by atoms with Gasteiger partial charge in [-0.25, -0.2) is 0 Å². The van der Waals surface area contributed by atoms with Crippen LogP contribution in [0.4, 0.5) is 0 Å². The summed E-state index contributed by atoms with van der Waals surface area (Å²) in [7, 11) is 0. The quantitative estimate of drug-likeness (QED) is 0.705. The van der Waals surface area contributed by atoms with Gasteiger partial charge in [-0.2, -0.15) is 0 Å². The summed E-state index contributed by atoms with van der Waals surface area (Å²) in [6, 6.07) is 3.67. The monoisotopic (exact) mass is 208 g/mol. The molecule has 0 aliphatic rings. The summed E-state index contributed by atoms with van der Waals surface area (Å²) in [5.41, 5.74) is 1.75. The number of rotatable bonds is 4. The number of aromatic nitrogens is 1. The number of carbonyl (C=O) groups is 2. The maximum atomic E-state index is 11.0. The van der Waals surface area contributed by atoms with Gasteiger partial charge < -0.3 is 10.4 Å². The molecule has 2 N–H and O–H groups in total. The van der Waals surface area contributed by atoms with Crippen LogP contribution in [0.15, 0.2) is 18.3 Å². The van der Waals surface area contributed by atoms with Crippen molar-refractivity contribution in [1.29, 1.82) is 0 Å². The number of nitrogens with one attached hydrogen (secondary N) is 1. The van der Waals surface area contributed by atoms with Crippen molar-refractivity contribution < 1.29 is 14.7 Å². The Balaban J connectivity index is 2.40. The third-order valence-corrected chi connectivity index (χ3v) is 1.77. The Morgan fingerprint density at radius 3 is 2.73 bits per heavy atom. The molecule has 0 unspecified atom stereocenters. The van der Waals surface area contributed by atoms with Crippen LogP contribution in [-0.4, -0.2) is 22.0 Å². The molecule has 1 rings (SSSR count). The highest BCUT2D eigenvalue weighted by molar-refractivity contribution is 5.93. The van der Waals surface area contributed by atoms with E-state index in [-0.39, 0.29) is 0 Å². The van der Waals surface area contributed by atoms with Gasteiger partial charge in [-0.3, -0.25) is 14.6 Å². The van der Waals surface area contributed by atoms with Gasteiger partial charge in [0.1, 0.15) is 6.42 Å². The topological polar surface area (TPSA) is 79.3 Å². The first-order valence-corrected chi connectivity index (χ1v) is 4.48. The Morgan fingerprint density at radius 2 is 2.20 bits per heavy atom. The molecule has 0 atom stereocenters. The summed E-state index contributed by atoms with van der Waals surface area (Å²) in [4.78, 5) is 25.2. The number of aryl methyl sites for hydroxylation is 1. The van der Waals surface area contributed by atoms with Gasteiger partial charge in [-0.15, -0.1) is 0 Å². The Bertz CT molecular complexity index is 359. The fraction of sp³-hybridized carbons (Fsp3) is 0.300. The van der Waals surface area contributed by atoms with E-state index >= 15 is 0 Å². The number of carbonyl (C=O) groups excluding carboxylic acids is 1. The van der Waals surface area contributed by atoms with Gasteiger partial charge in [0.25, 0.3) is 0 Å². The van der Waals surface area contributed by atoms with Gasteiger partial charge in [0.05, 0.1) is 0 Å². The van der Waals surface area contributed by atoms with Crippen LogP contribution in [0.3, 0.4) is 0 Å². The fourth-order valence-corrected chi connectivity index (χ4v) is 1.00. The van der Waals surface area contributed by atoms with E-state index in [1.54, 1.807) is 6.20 Å². The van der Waals surface area contributed by atoms with Crippen molar-refractivity contribution >= 4 is 11.9 Å². The Hall–Kier alpha value is -1.91. The van der Waals surface area contributed by atoms with Crippen LogP contribution in [0.2, 0.25) is 0 Å². The molecule has 0 radical (unpaired) electrons. The highest BCUT2D eigenvalue weighted by Gasteiger charge is 2.06. The van der Waals surface area contributed by atoms with Crippen molar-refractivity contribution in [1.82, 2.24) is 10.3 Å². The molecule has 5 heteroatoms. The van der Waals surface area contributed by atoms with E-state index in [2.05, 4.69) is 10.3 Å². The normalized spacial score (nSPS) is 9.67. The second-order valence-corrected chi connectivity index (χ2v) is 3.16. The molecule has 0 aliphatic heterocycles. The molecule has 0 saturated carbocycles. The lowest BCUT2D eigenvalue weighted by atomic mass is 10.2. The molecule has 1 aromatic heterocycles. The number of pyridine rings is 1. The molecule has 0 saturated heterocycles. The minimum Gasteiger partial charge on any atom is -0.481 e. The molecule has 1 heterocycles. The number of carboxylic acids is 1. The van der Waals surface area contributed by atoms with E-state index in [1.165, 1.54) is 0 Å². The zero-order chi connectivity index (χ0) is 11.3. The summed E-state index contributed by atoms with van der Waals surface area (Å²) in [5.74, 6) is -1.63. The van der Waals surface area contributed by atoms with Gasteiger partial charge in [0.2, 0.25) is 5.91 Å². The minimum atomic E-state index is -1.13. The molecule has 1 aromatic rings. The van der Waals surface area contributed by atoms with E-state index in [0.717, 1.165) is 11.3 Å². The highest BCUT2D eigenvalue weighted by atomic mass is 16.4. The number of amides is 1. The van der Waals surface area contributed by atoms with E-state index in [4.69, 9.17) is 5.11 Å². The van der Waals surface area contributed by atoms with Crippen LogP contribution < -0.4 is 5.32 Å². The lowest BCUT2D eigenvalue weighted by Crippen LogP contribution is -2.25. The molecule has 0 spiro atoms. The molecular formula is C10H12N2O3. The zero-order valence-corrected chi connectivity index (χ0v) is 8.36. The predicted octanol–water partition coefficient (Wildman–Crippen LogP) is 0.481. The Labute approximate surface area is 87.1 Å². The lowest BCUT2D eigenvalue weighted by Gasteiger charge is -2.03. The highest BCUT2D eigenvalue weighted by Crippen LogP contribution is 1.98. The van der Waals surface area contributed by atoms with Crippen LogP contribution in [0.1, 0.15) is 17.7 Å². The van der Waals surface area contributed by atoms with E-state index in [1.807, 2.05) is 19.1 Å². The number of hydrogen-bond acceptors (Lipinski definition) is 3. The SMILES string of the molecule is Cc1ccc(CNC(=O)CC(=O)O)cn1. The Morgan fingerprint density at radius 1 is 1.47 bits per heavy atom. The van der Waals surface area contributed by atoms with Crippen LogP contribution in [0.25, 0.3) is 0 Å². The molecule has 1 amide bonds.